The Morgan fingerprint density at radius 3 is 2.33 bits per heavy atom. The number of phenolic OH excluding ortho intramolecular Hbond substituents is 1. The predicted molar refractivity (Wildman–Crippen MR) is 220 cm³/mol. The van der Waals surface area contributed by atoms with Crippen molar-refractivity contribution in [3.63, 3.8) is 0 Å². The summed E-state index contributed by atoms with van der Waals surface area (Å²) in [5.41, 5.74) is 12.3. The fourth-order valence-corrected chi connectivity index (χ4v) is 11.9. The Hall–Kier alpha value is -3.89. The highest BCUT2D eigenvalue weighted by molar-refractivity contribution is 5.73. The molecule has 0 heterocycles. The largest absolute Gasteiger partial charge is 0.508 e. The number of rotatable bonds is 11. The van der Waals surface area contributed by atoms with Crippen LogP contribution in [0.3, 0.4) is 0 Å². The number of nitrogens with two attached hydrogens (primary N) is 1. The number of hydrogen-bond acceptors (Lipinski definition) is 3. The van der Waals surface area contributed by atoms with Crippen LogP contribution in [0, 0.1) is 29.6 Å². The molecule has 4 heteroatoms. The zero-order chi connectivity index (χ0) is 37.1. The standard InChI is InChI=1S/C50H61NO3/c51-27-24-37-15-14-35(28-37)8-3-1-2-4-12-44-29-36-16-21-47(48(53)54)50(26-23-41-31-39-10-5-6-11-40(39)32-42(41)34-50)45-13-7-9-38(30-45)33-49(44,25-22-36)43-17-19-46(52)20-18-43/h5-7,9-11,13,16-20,28,30-32,35,41-42,44,47,52H,1-4,8,12,14-15,21-27,29,33-34,51H2,(H,53,54). The third-order valence-corrected chi connectivity index (χ3v) is 14.8. The van der Waals surface area contributed by atoms with Gasteiger partial charge in [0.15, 0.2) is 0 Å². The maximum Gasteiger partial charge on any atom is 0.307 e. The minimum absolute atomic E-state index is 0.0380. The molecule has 2 fully saturated rings. The van der Waals surface area contributed by atoms with Crippen LogP contribution < -0.4 is 16.2 Å². The van der Waals surface area contributed by atoms with Crippen LogP contribution in [0.25, 0.3) is 12.2 Å². The average Bonchev–Trinajstić information content (AvgIpc) is 3.63. The highest BCUT2D eigenvalue weighted by atomic mass is 16.4. The fraction of sp³-hybridized carbons (Fsp3) is 0.500. The number of hydrogen-bond donors (Lipinski definition) is 3. The van der Waals surface area contributed by atoms with E-state index in [1.165, 1.54) is 84.1 Å². The zero-order valence-electron chi connectivity index (χ0n) is 32.2. The Morgan fingerprint density at radius 2 is 1.56 bits per heavy atom. The van der Waals surface area contributed by atoms with Crippen molar-refractivity contribution in [1.82, 2.24) is 0 Å². The SMILES string of the molecule is NCCC1=CC(CCCCCCC2CC3=CCC(C(=O)O)C4(CCC5C=c6ccccc6=CC5C4)c4cccc(c4)CC2(c2ccc(O)cc2)CC3)CC1. The van der Waals surface area contributed by atoms with Gasteiger partial charge >= 0.3 is 5.97 Å². The predicted octanol–water partition coefficient (Wildman–Crippen LogP) is 9.66. The van der Waals surface area contributed by atoms with Crippen molar-refractivity contribution >= 4 is 18.1 Å². The lowest BCUT2D eigenvalue weighted by molar-refractivity contribution is -0.145. The number of benzene rings is 3. The third-order valence-electron chi connectivity index (χ3n) is 14.8. The summed E-state index contributed by atoms with van der Waals surface area (Å²) < 4.78 is 0. The Morgan fingerprint density at radius 1 is 0.778 bits per heavy atom. The van der Waals surface area contributed by atoms with Gasteiger partial charge in [-0.2, -0.15) is 0 Å². The van der Waals surface area contributed by atoms with Crippen molar-refractivity contribution in [3.8, 4) is 5.75 Å². The fourth-order valence-electron chi connectivity index (χ4n) is 11.9. The minimum Gasteiger partial charge on any atom is -0.508 e. The Labute approximate surface area is 323 Å². The number of unbranched alkanes of at least 4 members (excludes halogenated alkanes) is 3. The first-order valence-corrected chi connectivity index (χ1v) is 21.3. The summed E-state index contributed by atoms with van der Waals surface area (Å²) in [5, 5.41) is 24.1. The number of aromatic hydroxyl groups is 1. The number of carboxylic acids is 1. The molecule has 1 spiro atoms. The van der Waals surface area contributed by atoms with Crippen molar-refractivity contribution in [1.29, 1.82) is 0 Å². The molecule has 6 aliphatic rings. The Kier molecular flexibility index (Phi) is 11.0. The molecule has 0 aromatic heterocycles. The van der Waals surface area contributed by atoms with E-state index in [1.807, 2.05) is 12.1 Å². The van der Waals surface area contributed by atoms with Crippen molar-refractivity contribution < 1.29 is 15.0 Å². The van der Waals surface area contributed by atoms with E-state index in [-0.39, 0.29) is 5.41 Å². The van der Waals surface area contributed by atoms with Gasteiger partial charge in [0, 0.05) is 10.8 Å². The van der Waals surface area contributed by atoms with Gasteiger partial charge in [-0.25, -0.2) is 0 Å². The summed E-state index contributed by atoms with van der Waals surface area (Å²) in [6.07, 6.45) is 28.3. The smallest absolute Gasteiger partial charge is 0.307 e. The molecule has 54 heavy (non-hydrogen) atoms. The molecule has 0 amide bonds. The normalized spacial score (nSPS) is 30.1. The summed E-state index contributed by atoms with van der Waals surface area (Å²) in [6.45, 7) is 0.767. The van der Waals surface area contributed by atoms with Gasteiger partial charge in [0.05, 0.1) is 5.92 Å². The molecule has 3 aromatic rings. The van der Waals surface area contributed by atoms with Crippen LogP contribution in [0.4, 0.5) is 0 Å². The zero-order valence-corrected chi connectivity index (χ0v) is 32.2. The van der Waals surface area contributed by atoms with Gasteiger partial charge in [0.25, 0.3) is 0 Å². The molecular formula is C50H61NO3. The quantitative estimate of drug-likeness (QED) is 0.136. The van der Waals surface area contributed by atoms with Crippen molar-refractivity contribution in [2.75, 3.05) is 6.54 Å². The van der Waals surface area contributed by atoms with E-state index in [0.29, 0.717) is 29.9 Å². The number of allylic oxidation sites excluding steroid dienone is 3. The van der Waals surface area contributed by atoms with Crippen LogP contribution in [0.1, 0.15) is 119 Å². The lowest BCUT2D eigenvalue weighted by Crippen LogP contribution is -2.47. The van der Waals surface area contributed by atoms with Gasteiger partial charge in [-0.1, -0.05) is 122 Å². The molecule has 4 bridgehead atoms. The van der Waals surface area contributed by atoms with Crippen molar-refractivity contribution in [2.45, 2.75) is 120 Å². The van der Waals surface area contributed by atoms with Crippen LogP contribution in [0.5, 0.6) is 5.75 Å². The molecule has 284 valence electrons. The van der Waals surface area contributed by atoms with Crippen LogP contribution in [0.2, 0.25) is 0 Å². The monoisotopic (exact) mass is 723 g/mol. The number of phenols is 1. The summed E-state index contributed by atoms with van der Waals surface area (Å²) in [7, 11) is 0. The molecule has 7 atom stereocenters. The van der Waals surface area contributed by atoms with Crippen LogP contribution in [-0.2, 0) is 22.0 Å². The van der Waals surface area contributed by atoms with E-state index < -0.39 is 17.3 Å². The van der Waals surface area contributed by atoms with Gasteiger partial charge in [-0.15, -0.1) is 0 Å². The number of aliphatic carboxylic acids is 1. The first-order valence-electron chi connectivity index (χ1n) is 21.3. The van der Waals surface area contributed by atoms with Crippen molar-refractivity contribution in [3.05, 3.63) is 123 Å². The first kappa shape index (κ1) is 37.1. The molecule has 9 rings (SSSR count). The van der Waals surface area contributed by atoms with Crippen molar-refractivity contribution in [2.24, 2.45) is 35.3 Å². The van der Waals surface area contributed by atoms with E-state index in [2.05, 4.69) is 85.0 Å². The van der Waals surface area contributed by atoms with E-state index in [1.54, 1.807) is 5.57 Å². The van der Waals surface area contributed by atoms with E-state index in [4.69, 9.17) is 5.73 Å². The number of fused-ring (bicyclic) bond motifs is 6. The maximum absolute atomic E-state index is 13.5. The maximum atomic E-state index is 13.5. The van der Waals surface area contributed by atoms with Gasteiger partial charge in [-0.05, 0) is 153 Å². The number of carboxylic acid groups (broad SMARTS) is 1. The summed E-state index contributed by atoms with van der Waals surface area (Å²) >= 11 is 0. The van der Waals surface area contributed by atoms with E-state index >= 15 is 0 Å². The third kappa shape index (κ3) is 7.53. The second-order valence-electron chi connectivity index (χ2n) is 17.8. The molecule has 4 nitrogen and oxygen atoms in total. The minimum atomic E-state index is -0.651. The molecule has 3 aromatic carbocycles. The molecule has 4 N–H and O–H groups in total. The first-order chi connectivity index (χ1) is 26.3. The number of carbonyl (C=O) groups is 1. The molecule has 6 aliphatic carbocycles. The van der Waals surface area contributed by atoms with Gasteiger partial charge < -0.3 is 15.9 Å². The van der Waals surface area contributed by atoms with Crippen LogP contribution >= 0.6 is 0 Å². The summed E-state index contributed by atoms with van der Waals surface area (Å²) in [4.78, 5) is 13.5. The highest BCUT2D eigenvalue weighted by Gasteiger charge is 2.50. The Balaban J connectivity index is 1.09. The van der Waals surface area contributed by atoms with Crippen LogP contribution in [-0.4, -0.2) is 22.7 Å². The summed E-state index contributed by atoms with van der Waals surface area (Å²) in [5.74, 6) is 1.19. The lowest BCUT2D eigenvalue weighted by atomic mass is 9.54. The molecule has 0 saturated heterocycles. The second kappa shape index (κ2) is 16.1. The molecule has 2 saturated carbocycles. The Bertz CT molecular complexity index is 1990. The highest BCUT2D eigenvalue weighted by Crippen LogP contribution is 2.55. The topological polar surface area (TPSA) is 83.6 Å². The second-order valence-corrected chi connectivity index (χ2v) is 17.8. The molecule has 0 aliphatic heterocycles. The van der Waals surface area contributed by atoms with Gasteiger partial charge in [-0.3, -0.25) is 4.79 Å². The average molecular weight is 724 g/mol. The molecule has 0 radical (unpaired) electrons. The van der Waals surface area contributed by atoms with E-state index in [0.717, 1.165) is 63.8 Å². The lowest BCUT2D eigenvalue weighted by Gasteiger charge is -2.49. The molecule has 7 unspecified atom stereocenters. The molecular weight excluding hydrogens is 663 g/mol. The van der Waals surface area contributed by atoms with Crippen LogP contribution in [0.15, 0.2) is 96.1 Å². The summed E-state index contributed by atoms with van der Waals surface area (Å²) in [6, 6.07) is 26.0. The van der Waals surface area contributed by atoms with Gasteiger partial charge in [0.1, 0.15) is 5.75 Å². The van der Waals surface area contributed by atoms with Gasteiger partial charge in [0.2, 0.25) is 0 Å². The van der Waals surface area contributed by atoms with E-state index in [9.17, 15) is 15.0 Å².